The quantitative estimate of drug-likeness (QED) is 0.586. The van der Waals surface area contributed by atoms with Crippen molar-refractivity contribution in [2.75, 3.05) is 16.8 Å². The Kier molecular flexibility index (Phi) is 9.31. The average molecular weight is 406 g/mol. The van der Waals surface area contributed by atoms with Gasteiger partial charge in [-0.25, -0.2) is 4.79 Å². The topological polar surface area (TPSA) is 113 Å². The highest BCUT2D eigenvalue weighted by atomic mass is 16.6. The number of carboxylic acids is 1. The number of carbonyl (C=O) groups excluding carboxylic acids is 3. The summed E-state index contributed by atoms with van der Waals surface area (Å²) in [6.45, 7) is 7.64. The van der Waals surface area contributed by atoms with E-state index in [9.17, 15) is 19.2 Å². The molecule has 1 aromatic rings. The first-order valence-electron chi connectivity index (χ1n) is 9.70. The van der Waals surface area contributed by atoms with Gasteiger partial charge in [-0.3, -0.25) is 14.4 Å². The van der Waals surface area contributed by atoms with Gasteiger partial charge in [0.25, 0.3) is 0 Å². The number of benzene rings is 1. The van der Waals surface area contributed by atoms with Crippen LogP contribution in [0.3, 0.4) is 0 Å². The summed E-state index contributed by atoms with van der Waals surface area (Å²) in [6.07, 6.45) is 3.51. The van der Waals surface area contributed by atoms with Crippen LogP contribution in [0.5, 0.6) is 0 Å². The summed E-state index contributed by atoms with van der Waals surface area (Å²) in [6, 6.07) is 6.85. The second-order valence-corrected chi connectivity index (χ2v) is 7.65. The molecule has 1 aliphatic heterocycles. The van der Waals surface area contributed by atoms with Gasteiger partial charge in [0, 0.05) is 30.8 Å². The van der Waals surface area contributed by atoms with Crippen LogP contribution in [-0.4, -0.2) is 41.0 Å². The van der Waals surface area contributed by atoms with Crippen LogP contribution in [0, 0.1) is 0 Å². The maximum absolute atomic E-state index is 11.9. The minimum absolute atomic E-state index is 0.113. The molecular formula is C21H30N2O6. The molecule has 0 saturated carbocycles. The lowest BCUT2D eigenvalue weighted by molar-refractivity contribution is -0.161. The zero-order valence-corrected chi connectivity index (χ0v) is 17.5. The van der Waals surface area contributed by atoms with E-state index in [1.54, 1.807) is 49.9 Å². The first-order chi connectivity index (χ1) is 13.5. The van der Waals surface area contributed by atoms with Crippen molar-refractivity contribution in [3.8, 4) is 0 Å². The van der Waals surface area contributed by atoms with Crippen LogP contribution in [0.25, 0.3) is 0 Å². The number of rotatable bonds is 4. The van der Waals surface area contributed by atoms with Crippen LogP contribution in [0.1, 0.15) is 59.8 Å². The number of piperidine rings is 1. The fraction of sp³-hybridized carbons (Fsp3) is 0.524. The number of ether oxygens (including phenoxy) is 1. The van der Waals surface area contributed by atoms with Gasteiger partial charge in [-0.15, -0.1) is 0 Å². The van der Waals surface area contributed by atoms with Gasteiger partial charge in [0.15, 0.2) is 0 Å². The number of nitrogens with zero attached hydrogens (tertiary/aromatic N) is 1. The number of aliphatic carboxylic acids is 1. The molecule has 2 amide bonds. The summed E-state index contributed by atoms with van der Waals surface area (Å²) < 4.78 is 5.00. The normalized spacial score (nSPS) is 13.8. The summed E-state index contributed by atoms with van der Waals surface area (Å²) in [4.78, 5) is 46.6. The fourth-order valence-electron chi connectivity index (χ4n) is 2.52. The molecular weight excluding hydrogens is 376 g/mol. The molecule has 0 aliphatic carbocycles. The van der Waals surface area contributed by atoms with E-state index in [4.69, 9.17) is 9.84 Å². The number of nitrogens with one attached hydrogen (secondary N) is 1. The number of carbonyl (C=O) groups is 4. The lowest BCUT2D eigenvalue weighted by Crippen LogP contribution is -2.35. The predicted molar refractivity (Wildman–Crippen MR) is 110 cm³/mol. The summed E-state index contributed by atoms with van der Waals surface area (Å²) in [5.74, 6) is -2.34. The number of anilines is 2. The molecule has 8 nitrogen and oxygen atoms in total. The van der Waals surface area contributed by atoms with Crippen LogP contribution >= 0.6 is 0 Å². The summed E-state index contributed by atoms with van der Waals surface area (Å²) in [5, 5.41) is 10.4. The molecule has 160 valence electrons. The average Bonchev–Trinajstić information content (AvgIpc) is 2.62. The molecule has 0 radical (unpaired) electrons. The Balaban J connectivity index is 0.000000612. The lowest BCUT2D eigenvalue weighted by atomic mass is 10.1. The van der Waals surface area contributed by atoms with Gasteiger partial charge in [-0.2, -0.15) is 0 Å². The second-order valence-electron chi connectivity index (χ2n) is 7.65. The fourth-order valence-corrected chi connectivity index (χ4v) is 2.52. The third-order valence-electron chi connectivity index (χ3n) is 3.81. The van der Waals surface area contributed by atoms with E-state index < -0.39 is 23.4 Å². The maximum atomic E-state index is 11.9. The number of hydrogen-bond acceptors (Lipinski definition) is 5. The Bertz CT molecular complexity index is 722. The van der Waals surface area contributed by atoms with E-state index in [0.717, 1.165) is 24.9 Å². The first-order valence-corrected chi connectivity index (χ1v) is 9.70. The molecule has 1 saturated heterocycles. The second kappa shape index (κ2) is 11.2. The molecule has 0 aromatic heterocycles. The molecule has 8 heteroatoms. The van der Waals surface area contributed by atoms with Gasteiger partial charge < -0.3 is 20.1 Å². The minimum Gasteiger partial charge on any atom is -0.481 e. The molecule has 1 aromatic carbocycles. The van der Waals surface area contributed by atoms with E-state index in [-0.39, 0.29) is 5.91 Å². The largest absolute Gasteiger partial charge is 0.481 e. The monoisotopic (exact) mass is 406 g/mol. The number of esters is 1. The van der Waals surface area contributed by atoms with Crippen molar-refractivity contribution in [3.05, 3.63) is 24.3 Å². The van der Waals surface area contributed by atoms with Crippen molar-refractivity contribution >= 4 is 35.1 Å². The molecule has 2 N–H and O–H groups in total. The Morgan fingerprint density at radius 1 is 1.14 bits per heavy atom. The van der Waals surface area contributed by atoms with Crippen molar-refractivity contribution in [1.29, 1.82) is 0 Å². The summed E-state index contributed by atoms with van der Waals surface area (Å²) >= 11 is 0. The Morgan fingerprint density at radius 3 is 2.21 bits per heavy atom. The van der Waals surface area contributed by atoms with Crippen molar-refractivity contribution < 1.29 is 29.0 Å². The van der Waals surface area contributed by atoms with Gasteiger partial charge in [0.1, 0.15) is 5.60 Å². The third kappa shape index (κ3) is 9.23. The number of amides is 2. The Hall–Kier alpha value is -2.90. The minimum atomic E-state index is -0.923. The van der Waals surface area contributed by atoms with Gasteiger partial charge in [-0.1, -0.05) is 6.92 Å². The van der Waals surface area contributed by atoms with E-state index in [0.29, 0.717) is 25.1 Å². The first kappa shape index (κ1) is 24.1. The highest BCUT2D eigenvalue weighted by Crippen LogP contribution is 2.22. The molecule has 29 heavy (non-hydrogen) atoms. The third-order valence-corrected chi connectivity index (χ3v) is 3.81. The standard InChI is InChI=1S/C17H22N2O4.C4H8O2/c1-17(2,3)23-16(22)15(21)18-12-7-9-13(10-8-12)19-11-5-4-6-14(19)20;1-2-3-4(5)6/h7-10H,4-6,11H2,1-3H3,(H,18,21);2-3H2,1H3,(H,5,6). The van der Waals surface area contributed by atoms with Gasteiger partial charge in [-0.05, 0) is 64.3 Å². The van der Waals surface area contributed by atoms with Crippen molar-refractivity contribution in [2.24, 2.45) is 0 Å². The SMILES string of the molecule is CC(C)(C)OC(=O)C(=O)Nc1ccc(N2CCCCC2=O)cc1.CCCC(=O)O. The molecule has 0 spiro atoms. The zero-order valence-electron chi connectivity index (χ0n) is 17.5. The van der Waals surface area contributed by atoms with E-state index in [2.05, 4.69) is 5.32 Å². The van der Waals surface area contributed by atoms with Crippen molar-refractivity contribution in [2.45, 2.75) is 65.4 Å². The molecule has 1 fully saturated rings. The molecule has 0 atom stereocenters. The Labute approximate surface area is 171 Å². The Morgan fingerprint density at radius 2 is 1.76 bits per heavy atom. The number of hydrogen-bond donors (Lipinski definition) is 2. The van der Waals surface area contributed by atoms with E-state index in [1.165, 1.54) is 0 Å². The predicted octanol–water partition coefficient (Wildman–Crippen LogP) is 3.35. The van der Waals surface area contributed by atoms with Gasteiger partial charge in [0.2, 0.25) is 5.91 Å². The molecule has 2 rings (SSSR count). The molecule has 0 unspecified atom stereocenters. The van der Waals surface area contributed by atoms with Crippen LogP contribution in [0.4, 0.5) is 11.4 Å². The van der Waals surface area contributed by atoms with Crippen LogP contribution in [-0.2, 0) is 23.9 Å². The summed E-state index contributed by atoms with van der Waals surface area (Å²) in [7, 11) is 0. The summed E-state index contributed by atoms with van der Waals surface area (Å²) in [5.41, 5.74) is 0.562. The highest BCUT2D eigenvalue weighted by molar-refractivity contribution is 6.37. The van der Waals surface area contributed by atoms with Crippen molar-refractivity contribution in [1.82, 2.24) is 0 Å². The highest BCUT2D eigenvalue weighted by Gasteiger charge is 2.23. The van der Waals surface area contributed by atoms with Crippen molar-refractivity contribution in [3.63, 3.8) is 0 Å². The van der Waals surface area contributed by atoms with E-state index in [1.807, 2.05) is 6.92 Å². The van der Waals surface area contributed by atoms with Crippen LogP contribution in [0.2, 0.25) is 0 Å². The molecule has 1 aliphatic rings. The zero-order chi connectivity index (χ0) is 22.0. The van der Waals surface area contributed by atoms with Gasteiger partial charge in [0.05, 0.1) is 0 Å². The maximum Gasteiger partial charge on any atom is 0.397 e. The van der Waals surface area contributed by atoms with E-state index >= 15 is 0 Å². The smallest absolute Gasteiger partial charge is 0.397 e. The van der Waals surface area contributed by atoms with Crippen LogP contribution < -0.4 is 10.2 Å². The molecule has 0 bridgehead atoms. The number of carboxylic acid groups (broad SMARTS) is 1. The molecule has 1 heterocycles. The lowest BCUT2D eigenvalue weighted by Gasteiger charge is -2.26. The van der Waals surface area contributed by atoms with Crippen LogP contribution in [0.15, 0.2) is 24.3 Å². The van der Waals surface area contributed by atoms with Gasteiger partial charge >= 0.3 is 17.8 Å².